The van der Waals surface area contributed by atoms with Gasteiger partial charge in [-0.2, -0.15) is 0 Å². The number of anilines is 1. The maximum atomic E-state index is 13.1. The van der Waals surface area contributed by atoms with Crippen molar-refractivity contribution in [1.82, 2.24) is 10.6 Å². The van der Waals surface area contributed by atoms with Gasteiger partial charge in [0.15, 0.2) is 5.11 Å². The molecule has 0 aromatic heterocycles. The minimum atomic E-state index is -0.390. The number of amides is 2. The van der Waals surface area contributed by atoms with E-state index in [0.29, 0.717) is 41.6 Å². The summed E-state index contributed by atoms with van der Waals surface area (Å²) in [4.78, 5) is 27.7. The molecule has 188 valence electrons. The lowest BCUT2D eigenvalue weighted by molar-refractivity contribution is 0.0949. The molecule has 0 spiro atoms. The second kappa shape index (κ2) is 13.2. The van der Waals surface area contributed by atoms with E-state index in [1.165, 1.54) is 0 Å². The molecule has 0 saturated heterocycles. The topological polar surface area (TPSA) is 70.7 Å². The first kappa shape index (κ1) is 27.4. The summed E-state index contributed by atoms with van der Waals surface area (Å²) in [6.07, 6.45) is 0.876. The van der Waals surface area contributed by atoms with E-state index in [2.05, 4.69) is 40.4 Å². The third-order valence-corrected chi connectivity index (χ3v) is 6.34. The fourth-order valence-electron chi connectivity index (χ4n) is 3.40. The van der Waals surface area contributed by atoms with Crippen LogP contribution in [-0.2, 0) is 6.54 Å². The van der Waals surface area contributed by atoms with Gasteiger partial charge < -0.3 is 15.0 Å². The Balaban J connectivity index is 1.71. The third kappa shape index (κ3) is 7.63. The van der Waals surface area contributed by atoms with Crippen LogP contribution in [0.25, 0.3) is 0 Å². The number of carbonyl (C=O) groups excluding carboxylic acids is 2. The molecule has 0 heterocycles. The molecule has 0 aliphatic carbocycles. The molecule has 0 aliphatic heterocycles. The van der Waals surface area contributed by atoms with Gasteiger partial charge in [-0.3, -0.25) is 14.9 Å². The summed E-state index contributed by atoms with van der Waals surface area (Å²) in [7, 11) is 1.72. The van der Waals surface area contributed by atoms with Gasteiger partial charge in [0.25, 0.3) is 11.8 Å². The van der Waals surface area contributed by atoms with Gasteiger partial charge in [-0.15, -0.1) is 0 Å². The normalized spacial score (nSPS) is 10.6. The maximum absolute atomic E-state index is 13.1. The van der Waals surface area contributed by atoms with Gasteiger partial charge in [0.2, 0.25) is 0 Å². The summed E-state index contributed by atoms with van der Waals surface area (Å²) in [5.74, 6) is 0.355. The highest BCUT2D eigenvalue weighted by Crippen LogP contribution is 2.25. The van der Waals surface area contributed by atoms with Crippen LogP contribution in [0.1, 0.15) is 46.5 Å². The number of nitrogens with zero attached hydrogens (tertiary/aromatic N) is 1. The predicted octanol–water partition coefficient (Wildman–Crippen LogP) is 5.96. The van der Waals surface area contributed by atoms with Crippen molar-refractivity contribution in [1.29, 1.82) is 0 Å². The predicted molar refractivity (Wildman–Crippen MR) is 152 cm³/mol. The van der Waals surface area contributed by atoms with Crippen LogP contribution in [0.4, 0.5) is 5.69 Å². The van der Waals surface area contributed by atoms with E-state index < -0.39 is 5.91 Å². The molecule has 0 bridgehead atoms. The minimum Gasteiger partial charge on any atom is -0.493 e. The van der Waals surface area contributed by atoms with Crippen molar-refractivity contribution in [3.05, 3.63) is 94.0 Å². The Morgan fingerprint density at radius 1 is 0.972 bits per heavy atom. The summed E-state index contributed by atoms with van der Waals surface area (Å²) in [6.45, 7) is 5.15. The van der Waals surface area contributed by atoms with Gasteiger partial charge >= 0.3 is 0 Å². The number of carbonyl (C=O) groups is 2. The molecule has 6 nitrogen and oxygen atoms in total. The summed E-state index contributed by atoms with van der Waals surface area (Å²) in [6, 6.07) is 22.1. The summed E-state index contributed by atoms with van der Waals surface area (Å²) in [5, 5.41) is 5.87. The van der Waals surface area contributed by atoms with Gasteiger partial charge in [-0.1, -0.05) is 72.2 Å². The van der Waals surface area contributed by atoms with E-state index in [0.717, 1.165) is 16.5 Å². The average Bonchev–Trinajstić information content (AvgIpc) is 2.88. The standard InChI is InChI=1S/C28H30BrN3O3S/c1-19(2)15-16-35-25-14-13-21(29)17-23(25)27(34)31-28(36)32(3)24-12-8-7-11-22(24)26(33)30-18-20-9-5-4-6-10-20/h4-14,17,19H,15-16,18H2,1-3H3,(H,30,33)(H,31,34,36). The first-order valence-corrected chi connectivity index (χ1v) is 12.9. The fraction of sp³-hybridized carbons (Fsp3) is 0.250. The van der Waals surface area contributed by atoms with Crippen LogP contribution in [-0.4, -0.2) is 30.6 Å². The molecular weight excluding hydrogens is 538 g/mol. The first-order chi connectivity index (χ1) is 17.3. The zero-order valence-corrected chi connectivity index (χ0v) is 23.0. The Kier molecular flexibility index (Phi) is 10.0. The van der Waals surface area contributed by atoms with Crippen LogP contribution in [0.15, 0.2) is 77.3 Å². The molecule has 2 N–H and O–H groups in total. The van der Waals surface area contributed by atoms with Gasteiger partial charge in [-0.05, 0) is 60.5 Å². The van der Waals surface area contributed by atoms with Gasteiger partial charge in [0, 0.05) is 18.1 Å². The van der Waals surface area contributed by atoms with E-state index in [1.54, 1.807) is 42.3 Å². The Bertz CT molecular complexity index is 1220. The largest absolute Gasteiger partial charge is 0.493 e. The molecule has 0 saturated carbocycles. The Morgan fingerprint density at radius 3 is 2.39 bits per heavy atom. The average molecular weight is 569 g/mol. The quantitative estimate of drug-likeness (QED) is 0.312. The number of benzene rings is 3. The molecule has 0 aliphatic rings. The summed E-state index contributed by atoms with van der Waals surface area (Å²) >= 11 is 8.95. The van der Waals surface area contributed by atoms with Crippen molar-refractivity contribution in [3.8, 4) is 5.75 Å². The summed E-state index contributed by atoms with van der Waals surface area (Å²) < 4.78 is 6.63. The molecule has 3 aromatic carbocycles. The molecule has 8 heteroatoms. The smallest absolute Gasteiger partial charge is 0.261 e. The zero-order valence-electron chi connectivity index (χ0n) is 20.6. The molecule has 0 radical (unpaired) electrons. The van der Waals surface area contributed by atoms with E-state index in [-0.39, 0.29) is 11.0 Å². The van der Waals surface area contributed by atoms with Gasteiger partial charge in [0.05, 0.1) is 23.4 Å². The van der Waals surface area contributed by atoms with Crippen molar-refractivity contribution >= 4 is 50.8 Å². The second-order valence-corrected chi connectivity index (χ2v) is 9.98. The van der Waals surface area contributed by atoms with Crippen LogP contribution < -0.4 is 20.3 Å². The second-order valence-electron chi connectivity index (χ2n) is 8.68. The lowest BCUT2D eigenvalue weighted by Crippen LogP contribution is -2.41. The zero-order chi connectivity index (χ0) is 26.1. The van der Waals surface area contributed by atoms with Crippen LogP contribution in [0.5, 0.6) is 5.75 Å². The van der Waals surface area contributed by atoms with Crippen LogP contribution >= 0.6 is 28.1 Å². The molecule has 3 aromatic rings. The lowest BCUT2D eigenvalue weighted by Gasteiger charge is -2.23. The van der Waals surface area contributed by atoms with E-state index in [1.807, 2.05) is 42.5 Å². The Morgan fingerprint density at radius 2 is 1.67 bits per heavy atom. The van der Waals surface area contributed by atoms with E-state index >= 15 is 0 Å². The Labute approximate surface area is 226 Å². The highest BCUT2D eigenvalue weighted by Gasteiger charge is 2.20. The van der Waals surface area contributed by atoms with Gasteiger partial charge in [0.1, 0.15) is 5.75 Å². The molecule has 3 rings (SSSR count). The highest BCUT2D eigenvalue weighted by atomic mass is 79.9. The number of nitrogens with one attached hydrogen (secondary N) is 2. The van der Waals surface area contributed by atoms with Crippen molar-refractivity contribution in [2.45, 2.75) is 26.8 Å². The van der Waals surface area contributed by atoms with Crippen molar-refractivity contribution in [3.63, 3.8) is 0 Å². The van der Waals surface area contributed by atoms with E-state index in [9.17, 15) is 9.59 Å². The SMILES string of the molecule is CC(C)CCOc1ccc(Br)cc1C(=O)NC(=S)N(C)c1ccccc1C(=O)NCc1ccccc1. The fourth-order valence-corrected chi connectivity index (χ4v) is 3.95. The Hall–Kier alpha value is -3.23. The van der Waals surface area contributed by atoms with Crippen LogP contribution in [0.2, 0.25) is 0 Å². The van der Waals surface area contributed by atoms with Crippen LogP contribution in [0.3, 0.4) is 0 Å². The first-order valence-electron chi connectivity index (χ1n) is 11.7. The molecular formula is C28H30BrN3O3S. The van der Waals surface area contributed by atoms with Crippen molar-refractivity contribution < 1.29 is 14.3 Å². The molecule has 2 amide bonds. The number of hydrogen-bond donors (Lipinski definition) is 2. The third-order valence-electron chi connectivity index (χ3n) is 5.47. The number of rotatable bonds is 9. The van der Waals surface area contributed by atoms with Gasteiger partial charge in [-0.25, -0.2) is 0 Å². The highest BCUT2D eigenvalue weighted by molar-refractivity contribution is 9.10. The number of para-hydroxylation sites is 1. The van der Waals surface area contributed by atoms with Crippen molar-refractivity contribution in [2.24, 2.45) is 5.92 Å². The molecule has 0 fully saturated rings. The summed E-state index contributed by atoms with van der Waals surface area (Å²) in [5.41, 5.74) is 2.40. The van der Waals surface area contributed by atoms with Crippen LogP contribution in [0, 0.1) is 5.92 Å². The number of thiocarbonyl (C=S) groups is 1. The molecule has 0 unspecified atom stereocenters. The molecule has 0 atom stereocenters. The lowest BCUT2D eigenvalue weighted by atomic mass is 10.1. The number of hydrogen-bond acceptors (Lipinski definition) is 4. The maximum Gasteiger partial charge on any atom is 0.261 e. The monoisotopic (exact) mass is 567 g/mol. The molecule has 36 heavy (non-hydrogen) atoms. The van der Waals surface area contributed by atoms with E-state index in [4.69, 9.17) is 17.0 Å². The number of ether oxygens (including phenoxy) is 1. The van der Waals surface area contributed by atoms with Crippen molar-refractivity contribution in [2.75, 3.05) is 18.6 Å². The minimum absolute atomic E-state index is 0.163. The number of halogens is 1.